The second kappa shape index (κ2) is 9.13. The number of ether oxygens (including phenoxy) is 1. The van der Waals surface area contributed by atoms with Gasteiger partial charge in [-0.3, -0.25) is 4.79 Å². The number of nitrogens with zero attached hydrogens (tertiary/aromatic N) is 2. The summed E-state index contributed by atoms with van der Waals surface area (Å²) in [7, 11) is 0. The van der Waals surface area contributed by atoms with Gasteiger partial charge < -0.3 is 25.4 Å². The number of amides is 3. The highest BCUT2D eigenvalue weighted by atomic mass is 16.6. The Morgan fingerprint density at radius 3 is 2.36 bits per heavy atom. The van der Waals surface area contributed by atoms with E-state index in [1.807, 2.05) is 0 Å². The molecule has 1 saturated carbocycles. The largest absolute Gasteiger partial charge is 0.465 e. The molecule has 2 aliphatic rings. The molecule has 3 N–H and O–H groups in total. The minimum atomic E-state index is -1.06. The lowest BCUT2D eigenvalue weighted by Crippen LogP contribution is -2.55. The van der Waals surface area contributed by atoms with Gasteiger partial charge in [-0.15, -0.1) is 0 Å². The van der Waals surface area contributed by atoms with E-state index in [0.717, 1.165) is 6.42 Å². The fourth-order valence-electron chi connectivity index (χ4n) is 3.93. The van der Waals surface area contributed by atoms with E-state index in [9.17, 15) is 19.6 Å². The average molecular weight is 394 g/mol. The molecule has 0 radical (unpaired) electrons. The number of carboxylic acid groups (broad SMARTS) is 1. The third-order valence-corrected chi connectivity index (χ3v) is 5.19. The van der Waals surface area contributed by atoms with E-state index >= 15 is 0 Å². The number of rotatable bonds is 4. The van der Waals surface area contributed by atoms with Crippen molar-refractivity contribution < 1.29 is 24.2 Å². The van der Waals surface area contributed by atoms with Crippen LogP contribution in [0.2, 0.25) is 0 Å². The first-order chi connectivity index (χ1) is 13.1. The zero-order valence-corrected chi connectivity index (χ0v) is 16.7. The summed E-state index contributed by atoms with van der Waals surface area (Å²) < 4.78 is 5.32. The SMILES string of the molecule is CC(C)(C)OC(=O)N[C@H](C(=O)N1CCCC1C#N)C1CCC(NC(=O)O)CC1. The maximum atomic E-state index is 13.2. The van der Waals surface area contributed by atoms with Crippen LogP contribution in [0.25, 0.3) is 0 Å². The van der Waals surface area contributed by atoms with Gasteiger partial charge in [-0.2, -0.15) is 5.26 Å². The van der Waals surface area contributed by atoms with Crippen molar-refractivity contribution in [3.63, 3.8) is 0 Å². The maximum absolute atomic E-state index is 13.2. The Hall–Kier alpha value is -2.50. The van der Waals surface area contributed by atoms with Crippen LogP contribution in [0.15, 0.2) is 0 Å². The Morgan fingerprint density at radius 2 is 1.82 bits per heavy atom. The molecule has 9 heteroatoms. The number of nitriles is 1. The Kier molecular flexibility index (Phi) is 7.11. The Labute approximate surface area is 165 Å². The summed E-state index contributed by atoms with van der Waals surface area (Å²) in [6.45, 7) is 5.74. The van der Waals surface area contributed by atoms with Crippen LogP contribution in [0, 0.1) is 17.2 Å². The van der Waals surface area contributed by atoms with Gasteiger partial charge in [-0.25, -0.2) is 9.59 Å². The number of hydrogen-bond donors (Lipinski definition) is 3. The number of carbonyl (C=O) groups is 3. The summed E-state index contributed by atoms with van der Waals surface area (Å²) in [5, 5.41) is 23.4. The number of nitrogens with one attached hydrogen (secondary N) is 2. The van der Waals surface area contributed by atoms with Crippen LogP contribution in [0.1, 0.15) is 59.3 Å². The Bertz CT molecular complexity index is 631. The average Bonchev–Trinajstić information content (AvgIpc) is 3.06. The minimum absolute atomic E-state index is 0.133. The van der Waals surface area contributed by atoms with Crippen LogP contribution in [0.5, 0.6) is 0 Å². The minimum Gasteiger partial charge on any atom is -0.465 e. The molecular weight excluding hydrogens is 364 g/mol. The van der Waals surface area contributed by atoms with Gasteiger partial charge in [0, 0.05) is 12.6 Å². The molecule has 1 aliphatic heterocycles. The number of carbonyl (C=O) groups excluding carboxylic acids is 2. The van der Waals surface area contributed by atoms with Crippen LogP contribution in [0.4, 0.5) is 9.59 Å². The number of alkyl carbamates (subject to hydrolysis) is 1. The second-order valence-corrected chi connectivity index (χ2v) is 8.50. The van der Waals surface area contributed by atoms with Crippen molar-refractivity contribution in [2.45, 2.75) is 83.0 Å². The lowest BCUT2D eigenvalue weighted by Gasteiger charge is -2.36. The lowest BCUT2D eigenvalue weighted by molar-refractivity contribution is -0.135. The van der Waals surface area contributed by atoms with Crippen molar-refractivity contribution in [2.75, 3.05) is 6.54 Å². The fourth-order valence-corrected chi connectivity index (χ4v) is 3.93. The summed E-state index contributed by atoms with van der Waals surface area (Å²) in [6, 6.07) is 0.756. The van der Waals surface area contributed by atoms with Crippen molar-refractivity contribution >= 4 is 18.1 Å². The van der Waals surface area contributed by atoms with Gasteiger partial charge in [0.15, 0.2) is 0 Å². The van der Waals surface area contributed by atoms with Gasteiger partial charge in [-0.05, 0) is 65.2 Å². The van der Waals surface area contributed by atoms with E-state index in [1.165, 1.54) is 0 Å². The van der Waals surface area contributed by atoms with Gasteiger partial charge in [0.05, 0.1) is 6.07 Å². The Morgan fingerprint density at radius 1 is 1.18 bits per heavy atom. The molecule has 2 atom stereocenters. The van der Waals surface area contributed by atoms with Gasteiger partial charge in [0.25, 0.3) is 0 Å². The first-order valence-corrected chi connectivity index (χ1v) is 9.80. The molecule has 0 aromatic heterocycles. The van der Waals surface area contributed by atoms with Crippen LogP contribution < -0.4 is 10.6 Å². The highest BCUT2D eigenvalue weighted by Gasteiger charge is 2.40. The molecule has 1 unspecified atom stereocenters. The van der Waals surface area contributed by atoms with E-state index < -0.39 is 29.9 Å². The van der Waals surface area contributed by atoms with Crippen LogP contribution >= 0.6 is 0 Å². The second-order valence-electron chi connectivity index (χ2n) is 8.50. The topological polar surface area (TPSA) is 132 Å². The van der Waals surface area contributed by atoms with E-state index in [1.54, 1.807) is 25.7 Å². The van der Waals surface area contributed by atoms with Crippen molar-refractivity contribution in [3.8, 4) is 6.07 Å². The first kappa shape index (κ1) is 21.8. The molecular formula is C19H30N4O5. The third-order valence-electron chi connectivity index (χ3n) is 5.19. The smallest absolute Gasteiger partial charge is 0.408 e. The molecule has 3 amide bonds. The molecule has 156 valence electrons. The van der Waals surface area contributed by atoms with Gasteiger partial charge in [0.2, 0.25) is 5.91 Å². The first-order valence-electron chi connectivity index (χ1n) is 9.80. The van der Waals surface area contributed by atoms with Crippen molar-refractivity contribution in [1.82, 2.24) is 15.5 Å². The zero-order valence-electron chi connectivity index (χ0n) is 16.7. The molecule has 0 aromatic carbocycles. The molecule has 1 saturated heterocycles. The number of likely N-dealkylation sites (tertiary alicyclic amines) is 1. The quantitative estimate of drug-likeness (QED) is 0.670. The van der Waals surface area contributed by atoms with Crippen molar-refractivity contribution in [2.24, 2.45) is 5.92 Å². The molecule has 9 nitrogen and oxygen atoms in total. The molecule has 2 fully saturated rings. The van der Waals surface area contributed by atoms with Crippen LogP contribution in [0.3, 0.4) is 0 Å². The third kappa shape index (κ3) is 6.01. The predicted molar refractivity (Wildman–Crippen MR) is 100 cm³/mol. The Balaban J connectivity index is 2.10. The summed E-state index contributed by atoms with van der Waals surface area (Å²) in [5.74, 6) is -0.392. The zero-order chi connectivity index (χ0) is 20.9. The highest BCUT2D eigenvalue weighted by Crippen LogP contribution is 2.30. The van der Waals surface area contributed by atoms with E-state index in [4.69, 9.17) is 9.84 Å². The van der Waals surface area contributed by atoms with Crippen LogP contribution in [-0.2, 0) is 9.53 Å². The lowest BCUT2D eigenvalue weighted by atomic mass is 9.81. The standard InChI is InChI=1S/C19H30N4O5/c1-19(2,3)28-18(27)22-15(16(24)23-10-4-5-14(23)11-20)12-6-8-13(9-7-12)21-17(25)26/h12-15,21H,4-10H2,1-3H3,(H,22,27)(H,25,26)/t12?,13?,14?,15-/m0/s1. The predicted octanol–water partition coefficient (Wildman–Crippen LogP) is 2.22. The maximum Gasteiger partial charge on any atom is 0.408 e. The van der Waals surface area contributed by atoms with Gasteiger partial charge in [-0.1, -0.05) is 0 Å². The van der Waals surface area contributed by atoms with Crippen molar-refractivity contribution in [3.05, 3.63) is 0 Å². The summed E-state index contributed by atoms with van der Waals surface area (Å²) in [4.78, 5) is 37.9. The highest BCUT2D eigenvalue weighted by molar-refractivity contribution is 5.86. The molecule has 2 rings (SSSR count). The molecule has 28 heavy (non-hydrogen) atoms. The summed E-state index contributed by atoms with van der Waals surface area (Å²) >= 11 is 0. The van der Waals surface area contributed by atoms with Gasteiger partial charge in [0.1, 0.15) is 17.7 Å². The van der Waals surface area contributed by atoms with Crippen molar-refractivity contribution in [1.29, 1.82) is 5.26 Å². The van der Waals surface area contributed by atoms with E-state index in [0.29, 0.717) is 38.6 Å². The summed E-state index contributed by atoms with van der Waals surface area (Å²) in [5.41, 5.74) is -0.691. The molecule has 1 heterocycles. The molecule has 0 aromatic rings. The van der Waals surface area contributed by atoms with Crippen LogP contribution in [-0.4, -0.2) is 58.4 Å². The normalized spacial score (nSPS) is 26.1. The molecule has 1 aliphatic carbocycles. The fraction of sp³-hybridized carbons (Fsp3) is 0.789. The molecule has 0 bridgehead atoms. The molecule has 0 spiro atoms. The number of hydrogen-bond acceptors (Lipinski definition) is 5. The van der Waals surface area contributed by atoms with E-state index in [2.05, 4.69) is 16.7 Å². The van der Waals surface area contributed by atoms with Gasteiger partial charge >= 0.3 is 12.2 Å². The summed E-state index contributed by atoms with van der Waals surface area (Å²) in [6.07, 6.45) is 2.07. The monoisotopic (exact) mass is 394 g/mol. The van der Waals surface area contributed by atoms with E-state index in [-0.39, 0.29) is 17.9 Å².